The Morgan fingerprint density at radius 2 is 2.00 bits per heavy atom. The second kappa shape index (κ2) is 7.84. The van der Waals surface area contributed by atoms with Gasteiger partial charge in [0, 0.05) is 24.4 Å². The van der Waals surface area contributed by atoms with Crippen LogP contribution < -0.4 is 10.6 Å². The van der Waals surface area contributed by atoms with E-state index in [-0.39, 0.29) is 18.9 Å². The smallest absolute Gasteiger partial charge is 0.323 e. The van der Waals surface area contributed by atoms with Crippen molar-refractivity contribution in [1.82, 2.24) is 0 Å². The van der Waals surface area contributed by atoms with Gasteiger partial charge >= 0.3 is 5.97 Å². The Kier molecular flexibility index (Phi) is 6.44. The molecule has 1 amide bonds. The lowest BCUT2D eigenvalue weighted by atomic mass is 10.2. The number of amides is 1. The molecule has 0 radical (unpaired) electrons. The number of ether oxygens (including phenoxy) is 1. The third-order valence-electron chi connectivity index (χ3n) is 2.73. The van der Waals surface area contributed by atoms with E-state index in [4.69, 9.17) is 27.2 Å². The van der Waals surface area contributed by atoms with E-state index in [1.54, 1.807) is 24.3 Å². The first-order chi connectivity index (χ1) is 9.47. The third kappa shape index (κ3) is 4.80. The fraction of sp³-hybridized carbons (Fsp3) is 0.385. The highest BCUT2D eigenvalue weighted by Gasteiger charge is 2.21. The summed E-state index contributed by atoms with van der Waals surface area (Å²) in [6, 6.07) is 6.37. The van der Waals surface area contributed by atoms with Gasteiger partial charge in [-0.3, -0.25) is 9.59 Å². The van der Waals surface area contributed by atoms with Crippen LogP contribution in [0.1, 0.15) is 6.42 Å². The van der Waals surface area contributed by atoms with E-state index < -0.39 is 18.6 Å². The van der Waals surface area contributed by atoms with Gasteiger partial charge in [-0.05, 0) is 24.3 Å². The van der Waals surface area contributed by atoms with Gasteiger partial charge in [-0.15, -0.1) is 0 Å². The van der Waals surface area contributed by atoms with Crippen molar-refractivity contribution in [3.05, 3.63) is 29.3 Å². The Labute approximate surface area is 122 Å². The molecule has 1 atom stereocenters. The van der Waals surface area contributed by atoms with Crippen LogP contribution in [0.3, 0.4) is 0 Å². The third-order valence-corrected chi connectivity index (χ3v) is 2.98. The summed E-state index contributed by atoms with van der Waals surface area (Å²) in [5.74, 6) is -1.47. The topological polar surface area (TPSA) is 92.9 Å². The molecule has 1 unspecified atom stereocenters. The minimum Gasteiger partial charge on any atom is -0.480 e. The van der Waals surface area contributed by atoms with E-state index in [9.17, 15) is 9.59 Å². The minimum atomic E-state index is -1.10. The second-order valence-electron chi connectivity index (χ2n) is 4.15. The molecule has 0 saturated heterocycles. The number of hydrogen-bond acceptors (Lipinski definition) is 4. The molecule has 1 aromatic carbocycles. The monoisotopic (exact) mass is 300 g/mol. The van der Waals surface area contributed by atoms with Crippen molar-refractivity contribution in [3.63, 3.8) is 0 Å². The quantitative estimate of drug-likeness (QED) is 0.787. The molecule has 110 valence electrons. The Morgan fingerprint density at radius 3 is 2.45 bits per heavy atom. The van der Waals surface area contributed by atoms with Gasteiger partial charge in [0.05, 0.1) is 12.5 Å². The van der Waals surface area contributed by atoms with Gasteiger partial charge in [0.15, 0.2) is 0 Å². The lowest BCUT2D eigenvalue weighted by molar-refractivity contribution is -0.137. The average molecular weight is 301 g/mol. The average Bonchev–Trinajstić information content (AvgIpc) is 2.42. The molecule has 0 saturated carbocycles. The molecular formula is C13H17ClN2O4. The van der Waals surface area contributed by atoms with Crippen molar-refractivity contribution in [2.24, 2.45) is 5.73 Å². The SMILES string of the molecule is COC(CN)CC(=O)N(CC(=O)O)c1ccc(Cl)cc1. The molecule has 7 heteroatoms. The Hall–Kier alpha value is -1.63. The molecule has 0 aromatic heterocycles. The van der Waals surface area contributed by atoms with Crippen molar-refractivity contribution in [3.8, 4) is 0 Å². The van der Waals surface area contributed by atoms with Crippen LogP contribution in [0.4, 0.5) is 5.69 Å². The summed E-state index contributed by atoms with van der Waals surface area (Å²) in [5, 5.41) is 9.43. The molecule has 0 fully saturated rings. The van der Waals surface area contributed by atoms with Gasteiger partial charge in [-0.2, -0.15) is 0 Å². The van der Waals surface area contributed by atoms with Gasteiger partial charge in [-0.1, -0.05) is 11.6 Å². The van der Waals surface area contributed by atoms with E-state index in [1.807, 2.05) is 0 Å². The largest absolute Gasteiger partial charge is 0.480 e. The lowest BCUT2D eigenvalue weighted by Gasteiger charge is -2.23. The van der Waals surface area contributed by atoms with Crippen LogP contribution in [0.15, 0.2) is 24.3 Å². The van der Waals surface area contributed by atoms with E-state index in [0.717, 1.165) is 0 Å². The van der Waals surface area contributed by atoms with Gasteiger partial charge in [0.2, 0.25) is 5.91 Å². The van der Waals surface area contributed by atoms with Crippen molar-refractivity contribution >= 4 is 29.2 Å². The predicted octanol–water partition coefficient (Wildman–Crippen LogP) is 1.12. The summed E-state index contributed by atoms with van der Waals surface area (Å²) in [7, 11) is 1.45. The lowest BCUT2D eigenvalue weighted by Crippen LogP contribution is -2.39. The fourth-order valence-corrected chi connectivity index (χ4v) is 1.77. The number of carboxylic acids is 1. The van der Waals surface area contributed by atoms with Crippen LogP contribution in [0, 0.1) is 0 Å². The summed E-state index contributed by atoms with van der Waals surface area (Å²) in [4.78, 5) is 24.3. The molecule has 0 spiro atoms. The number of halogens is 1. The second-order valence-corrected chi connectivity index (χ2v) is 4.58. The summed E-state index contributed by atoms with van der Waals surface area (Å²) < 4.78 is 5.04. The maximum Gasteiger partial charge on any atom is 0.323 e. The van der Waals surface area contributed by atoms with Gasteiger partial charge < -0.3 is 20.5 Å². The molecule has 0 bridgehead atoms. The number of carboxylic acid groups (broad SMARTS) is 1. The molecule has 3 N–H and O–H groups in total. The van der Waals surface area contributed by atoms with E-state index in [0.29, 0.717) is 10.7 Å². The van der Waals surface area contributed by atoms with E-state index in [2.05, 4.69) is 0 Å². The van der Waals surface area contributed by atoms with Crippen molar-refractivity contribution in [1.29, 1.82) is 0 Å². The first-order valence-electron chi connectivity index (χ1n) is 5.98. The number of aliphatic carboxylic acids is 1. The summed E-state index contributed by atoms with van der Waals surface area (Å²) in [6.07, 6.45) is -0.422. The summed E-state index contributed by atoms with van der Waals surface area (Å²) in [5.41, 5.74) is 5.93. The number of rotatable bonds is 7. The van der Waals surface area contributed by atoms with E-state index in [1.165, 1.54) is 12.0 Å². The van der Waals surface area contributed by atoms with Gasteiger partial charge in [0.25, 0.3) is 0 Å². The maximum atomic E-state index is 12.2. The standard InChI is InChI=1S/C13H17ClN2O4/c1-20-11(7-15)6-12(17)16(8-13(18)19)10-4-2-9(14)3-5-10/h2-5,11H,6-8,15H2,1H3,(H,18,19). The molecule has 0 aliphatic heterocycles. The van der Waals surface area contributed by atoms with Crippen molar-refractivity contribution < 1.29 is 19.4 Å². The van der Waals surface area contributed by atoms with Crippen LogP contribution in [0.2, 0.25) is 5.02 Å². The number of carbonyl (C=O) groups excluding carboxylic acids is 1. The number of anilines is 1. The molecule has 6 nitrogen and oxygen atoms in total. The zero-order chi connectivity index (χ0) is 15.1. The van der Waals surface area contributed by atoms with Crippen LogP contribution in [0.25, 0.3) is 0 Å². The van der Waals surface area contributed by atoms with Crippen LogP contribution in [0.5, 0.6) is 0 Å². The van der Waals surface area contributed by atoms with E-state index >= 15 is 0 Å². The first-order valence-corrected chi connectivity index (χ1v) is 6.36. The van der Waals surface area contributed by atoms with Crippen molar-refractivity contribution in [2.45, 2.75) is 12.5 Å². The van der Waals surface area contributed by atoms with Crippen molar-refractivity contribution in [2.75, 3.05) is 25.1 Å². The van der Waals surface area contributed by atoms with Gasteiger partial charge in [0.1, 0.15) is 6.54 Å². The predicted molar refractivity (Wildman–Crippen MR) is 75.9 cm³/mol. The molecule has 1 rings (SSSR count). The van der Waals surface area contributed by atoms with Crippen LogP contribution in [-0.2, 0) is 14.3 Å². The van der Waals surface area contributed by atoms with Crippen LogP contribution in [-0.4, -0.2) is 43.3 Å². The highest BCUT2D eigenvalue weighted by molar-refractivity contribution is 6.30. The number of carbonyl (C=O) groups is 2. The Balaban J connectivity index is 2.91. The summed E-state index contributed by atoms with van der Waals surface area (Å²) >= 11 is 5.77. The molecule has 1 aromatic rings. The highest BCUT2D eigenvalue weighted by Crippen LogP contribution is 2.19. The normalized spacial score (nSPS) is 11.9. The van der Waals surface area contributed by atoms with Crippen LogP contribution >= 0.6 is 11.6 Å². The molecule has 0 aliphatic carbocycles. The maximum absolute atomic E-state index is 12.2. The fourth-order valence-electron chi connectivity index (χ4n) is 1.65. The molecule has 20 heavy (non-hydrogen) atoms. The zero-order valence-electron chi connectivity index (χ0n) is 11.1. The molecule has 0 aliphatic rings. The summed E-state index contributed by atoms with van der Waals surface area (Å²) in [6.45, 7) is -0.245. The first kappa shape index (κ1) is 16.4. The molecular weight excluding hydrogens is 284 g/mol. The van der Waals surface area contributed by atoms with Gasteiger partial charge in [-0.25, -0.2) is 0 Å². The zero-order valence-corrected chi connectivity index (χ0v) is 11.8. The number of methoxy groups -OCH3 is 1. The highest BCUT2D eigenvalue weighted by atomic mass is 35.5. The Bertz CT molecular complexity index is 460. The minimum absolute atomic E-state index is 0.0168. The number of nitrogens with two attached hydrogens (primary N) is 1. The number of nitrogens with zero attached hydrogens (tertiary/aromatic N) is 1. The Morgan fingerprint density at radius 1 is 1.40 bits per heavy atom. The molecule has 0 heterocycles. The number of benzene rings is 1. The number of hydrogen-bond donors (Lipinski definition) is 2.